The summed E-state index contributed by atoms with van der Waals surface area (Å²) in [6.45, 7) is 1.28. The molecule has 5 aliphatic rings. The largest absolute Gasteiger partial charge is 0.347 e. The van der Waals surface area contributed by atoms with Crippen molar-refractivity contribution in [3.63, 3.8) is 0 Å². The third-order valence-electron chi connectivity index (χ3n) is 9.55. The van der Waals surface area contributed by atoms with Gasteiger partial charge in [-0.1, -0.05) is 48.5 Å². The summed E-state index contributed by atoms with van der Waals surface area (Å²) in [4.78, 5) is 28.4. The van der Waals surface area contributed by atoms with Crippen molar-refractivity contribution in [3.05, 3.63) is 95.3 Å². The Morgan fingerprint density at radius 3 is 2.23 bits per heavy atom. The average Bonchev–Trinajstić information content (AvgIpc) is 3.35. The summed E-state index contributed by atoms with van der Waals surface area (Å²) in [6.07, 6.45) is 6.23. The van der Waals surface area contributed by atoms with E-state index in [1.165, 1.54) is 18.6 Å². The van der Waals surface area contributed by atoms with Gasteiger partial charge in [0.25, 0.3) is 5.91 Å². The molecule has 3 aromatic rings. The minimum Gasteiger partial charge on any atom is -0.347 e. The van der Waals surface area contributed by atoms with E-state index in [9.17, 15) is 14.0 Å². The molecular weight excluding hydrogens is 489 g/mol. The van der Waals surface area contributed by atoms with Crippen LogP contribution in [-0.4, -0.2) is 34.3 Å². The molecule has 0 saturated heterocycles. The van der Waals surface area contributed by atoms with Crippen molar-refractivity contribution >= 4 is 11.8 Å². The van der Waals surface area contributed by atoms with E-state index in [-0.39, 0.29) is 35.3 Å². The molecule has 39 heavy (non-hydrogen) atoms. The maximum Gasteiger partial charge on any atom is 0.251 e. The summed E-state index contributed by atoms with van der Waals surface area (Å²) in [7, 11) is 0. The van der Waals surface area contributed by atoms with Crippen LogP contribution in [0.2, 0.25) is 0 Å². The number of halogens is 1. The van der Waals surface area contributed by atoms with E-state index in [1.807, 2.05) is 47.4 Å². The molecule has 3 aromatic carbocycles. The summed E-state index contributed by atoms with van der Waals surface area (Å²) in [5.74, 6) is 0.917. The SMILES string of the molecule is O=C(NC12C[C@@H]3C[C@@H](CC(NCC(=O)N4Cc5ccc(F)cc5C4)(C3)C1)C2)c1ccc(-c2ccccc2)cc1. The number of carbonyl (C=O) groups excluding carboxylic acids is 2. The van der Waals surface area contributed by atoms with Gasteiger partial charge in [-0.15, -0.1) is 0 Å². The summed E-state index contributed by atoms with van der Waals surface area (Å²) >= 11 is 0. The molecule has 6 heteroatoms. The van der Waals surface area contributed by atoms with E-state index in [0.29, 0.717) is 30.5 Å². The highest BCUT2D eigenvalue weighted by Crippen LogP contribution is 2.57. The molecule has 0 spiro atoms. The highest BCUT2D eigenvalue weighted by molar-refractivity contribution is 5.95. The molecule has 4 fully saturated rings. The standard InChI is InChI=1S/C33H34FN3O2/c34-29-11-10-27-19-37(20-28(27)13-29)30(38)18-35-32-14-22-12-23(15-32)17-33(16-22,21-32)36-31(39)26-8-6-25(7-9-26)24-4-2-1-3-5-24/h1-11,13,22-23,35H,12,14-21H2,(H,36,39)/t22-,23+,32?,33?. The molecule has 5 nitrogen and oxygen atoms in total. The lowest BCUT2D eigenvalue weighted by atomic mass is 9.50. The summed E-state index contributed by atoms with van der Waals surface area (Å²) in [5.41, 5.74) is 4.50. The number of benzene rings is 3. The first-order chi connectivity index (χ1) is 18.9. The van der Waals surface area contributed by atoms with Gasteiger partial charge in [-0.05, 0) is 96.9 Å². The van der Waals surface area contributed by atoms with Crippen LogP contribution in [0.1, 0.15) is 60.0 Å². The van der Waals surface area contributed by atoms with E-state index >= 15 is 0 Å². The highest BCUT2D eigenvalue weighted by atomic mass is 19.1. The van der Waals surface area contributed by atoms with Crippen LogP contribution in [0.25, 0.3) is 11.1 Å². The van der Waals surface area contributed by atoms with E-state index in [1.54, 1.807) is 6.07 Å². The number of hydrogen-bond acceptors (Lipinski definition) is 3. The zero-order valence-electron chi connectivity index (χ0n) is 22.1. The van der Waals surface area contributed by atoms with Gasteiger partial charge >= 0.3 is 0 Å². The van der Waals surface area contributed by atoms with Gasteiger partial charge in [0.1, 0.15) is 5.82 Å². The normalized spacial score (nSPS) is 28.4. The Kier molecular flexibility index (Phi) is 5.85. The molecule has 8 rings (SSSR count). The van der Waals surface area contributed by atoms with Crippen LogP contribution in [0.15, 0.2) is 72.8 Å². The number of nitrogens with zero attached hydrogens (tertiary/aromatic N) is 1. The van der Waals surface area contributed by atoms with Crippen molar-refractivity contribution in [2.45, 2.75) is 62.7 Å². The smallest absolute Gasteiger partial charge is 0.251 e. The molecule has 0 aromatic heterocycles. The average molecular weight is 524 g/mol. The minimum atomic E-state index is -0.255. The van der Waals surface area contributed by atoms with Crippen LogP contribution in [0.5, 0.6) is 0 Å². The Morgan fingerprint density at radius 2 is 1.49 bits per heavy atom. The maximum absolute atomic E-state index is 13.6. The summed E-state index contributed by atoms with van der Waals surface area (Å²) < 4.78 is 13.6. The monoisotopic (exact) mass is 523 g/mol. The van der Waals surface area contributed by atoms with Gasteiger partial charge in [-0.3, -0.25) is 9.59 Å². The Bertz CT molecular complexity index is 1410. The highest BCUT2D eigenvalue weighted by Gasteiger charge is 2.58. The molecule has 2 N–H and O–H groups in total. The van der Waals surface area contributed by atoms with Gasteiger partial charge in [0, 0.05) is 29.7 Å². The second-order valence-corrected chi connectivity index (χ2v) is 12.4. The molecular formula is C33H34FN3O2. The molecule has 1 heterocycles. The minimum absolute atomic E-state index is 0.00940. The molecule has 4 aliphatic carbocycles. The van der Waals surface area contributed by atoms with E-state index in [2.05, 4.69) is 22.8 Å². The first kappa shape index (κ1) is 24.5. The van der Waals surface area contributed by atoms with Gasteiger partial charge in [-0.25, -0.2) is 4.39 Å². The van der Waals surface area contributed by atoms with Crippen LogP contribution < -0.4 is 10.6 Å². The van der Waals surface area contributed by atoms with Crippen LogP contribution in [0.3, 0.4) is 0 Å². The lowest BCUT2D eigenvalue weighted by molar-refractivity contribution is -0.132. The number of rotatable bonds is 6. The predicted octanol–water partition coefficient (Wildman–Crippen LogP) is 5.45. The second-order valence-electron chi connectivity index (χ2n) is 12.4. The van der Waals surface area contributed by atoms with Crippen LogP contribution >= 0.6 is 0 Å². The third-order valence-corrected chi connectivity index (χ3v) is 9.55. The topological polar surface area (TPSA) is 61.4 Å². The van der Waals surface area contributed by atoms with Gasteiger partial charge in [0.15, 0.2) is 0 Å². The first-order valence-corrected chi connectivity index (χ1v) is 14.2. The number of hydrogen-bond donors (Lipinski definition) is 2. The molecule has 2 unspecified atom stereocenters. The third kappa shape index (κ3) is 4.65. The fourth-order valence-electron chi connectivity index (χ4n) is 8.29. The van der Waals surface area contributed by atoms with Crippen LogP contribution in [0.4, 0.5) is 4.39 Å². The van der Waals surface area contributed by atoms with Crippen molar-refractivity contribution in [2.75, 3.05) is 6.54 Å². The van der Waals surface area contributed by atoms with Crippen molar-refractivity contribution in [1.82, 2.24) is 15.5 Å². The van der Waals surface area contributed by atoms with Gasteiger partial charge in [0.2, 0.25) is 5.91 Å². The molecule has 4 bridgehead atoms. The lowest BCUT2D eigenvalue weighted by Gasteiger charge is -2.62. The quantitative estimate of drug-likeness (QED) is 0.452. The Morgan fingerprint density at radius 1 is 0.821 bits per heavy atom. The van der Waals surface area contributed by atoms with Gasteiger partial charge in [-0.2, -0.15) is 0 Å². The lowest BCUT2D eigenvalue weighted by Crippen LogP contribution is -2.69. The Hall–Kier alpha value is -3.51. The fourth-order valence-corrected chi connectivity index (χ4v) is 8.29. The van der Waals surface area contributed by atoms with E-state index < -0.39 is 0 Å². The molecule has 4 saturated carbocycles. The number of amides is 2. The van der Waals surface area contributed by atoms with Crippen molar-refractivity contribution < 1.29 is 14.0 Å². The Balaban J connectivity index is 1.02. The first-order valence-electron chi connectivity index (χ1n) is 14.2. The Labute approximate surface area is 228 Å². The molecule has 2 amide bonds. The zero-order valence-corrected chi connectivity index (χ0v) is 22.1. The second kappa shape index (κ2) is 9.30. The molecule has 1 aliphatic heterocycles. The number of fused-ring (bicyclic) bond motifs is 1. The van der Waals surface area contributed by atoms with Crippen molar-refractivity contribution in [3.8, 4) is 11.1 Å². The number of carbonyl (C=O) groups is 2. The van der Waals surface area contributed by atoms with Crippen LogP contribution in [-0.2, 0) is 17.9 Å². The predicted molar refractivity (Wildman–Crippen MR) is 148 cm³/mol. The fraction of sp³-hybridized carbons (Fsp3) is 0.394. The van der Waals surface area contributed by atoms with E-state index in [4.69, 9.17) is 0 Å². The summed E-state index contributed by atoms with van der Waals surface area (Å²) in [6, 6.07) is 22.9. The zero-order chi connectivity index (χ0) is 26.6. The summed E-state index contributed by atoms with van der Waals surface area (Å²) in [5, 5.41) is 7.16. The molecule has 200 valence electrons. The molecule has 4 atom stereocenters. The van der Waals surface area contributed by atoms with Crippen molar-refractivity contribution in [2.24, 2.45) is 11.8 Å². The van der Waals surface area contributed by atoms with E-state index in [0.717, 1.165) is 54.4 Å². The van der Waals surface area contributed by atoms with Crippen LogP contribution in [0, 0.1) is 17.7 Å². The maximum atomic E-state index is 13.6. The molecule has 0 radical (unpaired) electrons. The van der Waals surface area contributed by atoms with Crippen molar-refractivity contribution in [1.29, 1.82) is 0 Å². The van der Waals surface area contributed by atoms with Gasteiger partial charge < -0.3 is 15.5 Å². The number of nitrogens with one attached hydrogen (secondary N) is 2. The van der Waals surface area contributed by atoms with Gasteiger partial charge in [0.05, 0.1) is 6.54 Å².